The molecule has 1 aromatic carbocycles. The maximum absolute atomic E-state index is 12.9. The van der Waals surface area contributed by atoms with Crippen molar-refractivity contribution in [2.45, 2.75) is 6.42 Å². The third-order valence-corrected chi connectivity index (χ3v) is 1.48. The second kappa shape index (κ2) is 3.76. The van der Waals surface area contributed by atoms with Gasteiger partial charge < -0.3 is 0 Å². The van der Waals surface area contributed by atoms with Gasteiger partial charge in [0.2, 0.25) is 0 Å². The lowest BCUT2D eigenvalue weighted by molar-refractivity contribution is 0.0989. The molecule has 1 rings (SSSR count). The Balaban J connectivity index is 3.14. The molecule has 0 aromatic heterocycles. The predicted octanol–water partition coefficient (Wildman–Crippen LogP) is 2.06. The third-order valence-electron chi connectivity index (χ3n) is 1.48. The molecule has 0 spiro atoms. The quantitative estimate of drug-likeness (QED) is 0.655. The zero-order valence-corrected chi connectivity index (χ0v) is 6.55. The van der Waals surface area contributed by atoms with Crippen LogP contribution in [0, 0.1) is 23.0 Å². The Bertz CT molecular complexity index is 361. The van der Waals surface area contributed by atoms with Crippen LogP contribution in [0.15, 0.2) is 18.2 Å². The average Bonchev–Trinajstić information content (AvgIpc) is 2.04. The summed E-state index contributed by atoms with van der Waals surface area (Å²) in [5, 5.41) is 8.16. The van der Waals surface area contributed by atoms with E-state index in [1.54, 1.807) is 0 Å². The highest BCUT2D eigenvalue weighted by molar-refractivity contribution is 5.97. The van der Waals surface area contributed by atoms with E-state index in [2.05, 4.69) is 0 Å². The molecule has 0 N–H and O–H groups in total. The highest BCUT2D eigenvalue weighted by Gasteiger charge is 2.15. The second-order valence-corrected chi connectivity index (χ2v) is 2.35. The third kappa shape index (κ3) is 1.88. The van der Waals surface area contributed by atoms with Gasteiger partial charge in [-0.1, -0.05) is 6.07 Å². The fourth-order valence-corrected chi connectivity index (χ4v) is 0.924. The number of hydrogen-bond donors (Lipinski definition) is 0. The Labute approximate surface area is 73.4 Å². The average molecular weight is 181 g/mol. The van der Waals surface area contributed by atoms with Crippen LogP contribution in [0.1, 0.15) is 16.8 Å². The Morgan fingerprint density at radius 3 is 2.38 bits per heavy atom. The summed E-state index contributed by atoms with van der Waals surface area (Å²) in [6, 6.07) is 4.66. The lowest BCUT2D eigenvalue weighted by atomic mass is 10.1. The number of carbonyl (C=O) groups excluding carboxylic acids is 1. The summed E-state index contributed by atoms with van der Waals surface area (Å²) < 4.78 is 25.7. The molecule has 0 radical (unpaired) electrons. The number of hydrogen-bond acceptors (Lipinski definition) is 2. The first kappa shape index (κ1) is 9.33. The van der Waals surface area contributed by atoms with E-state index >= 15 is 0 Å². The topological polar surface area (TPSA) is 40.9 Å². The molecule has 4 heteroatoms. The highest BCUT2D eigenvalue weighted by atomic mass is 19.1. The second-order valence-electron chi connectivity index (χ2n) is 2.35. The highest BCUT2D eigenvalue weighted by Crippen LogP contribution is 2.13. The van der Waals surface area contributed by atoms with E-state index in [0.29, 0.717) is 0 Å². The Morgan fingerprint density at radius 1 is 1.38 bits per heavy atom. The van der Waals surface area contributed by atoms with E-state index in [9.17, 15) is 13.6 Å². The van der Waals surface area contributed by atoms with E-state index in [0.717, 1.165) is 18.2 Å². The number of Topliss-reactive ketones (excluding diaryl/α,β-unsaturated/α-hetero) is 1. The zero-order valence-electron chi connectivity index (χ0n) is 6.55. The molecule has 0 atom stereocenters. The van der Waals surface area contributed by atoms with Crippen LogP contribution in [0.5, 0.6) is 0 Å². The molecule has 13 heavy (non-hydrogen) atoms. The van der Waals surface area contributed by atoms with Gasteiger partial charge in [0, 0.05) is 0 Å². The van der Waals surface area contributed by atoms with Crippen LogP contribution in [0.3, 0.4) is 0 Å². The minimum atomic E-state index is -0.930. The minimum Gasteiger partial charge on any atom is -0.293 e. The van der Waals surface area contributed by atoms with E-state index in [4.69, 9.17) is 5.26 Å². The van der Waals surface area contributed by atoms with Crippen molar-refractivity contribution in [2.24, 2.45) is 0 Å². The van der Waals surface area contributed by atoms with Crippen LogP contribution >= 0.6 is 0 Å². The van der Waals surface area contributed by atoms with Crippen molar-refractivity contribution in [3.05, 3.63) is 35.4 Å². The fourth-order valence-electron chi connectivity index (χ4n) is 0.924. The standard InChI is InChI=1S/C9H5F2NO/c10-6-2-1-3-7(11)9(6)8(13)4-5-12/h1-3H,4H2. The van der Waals surface area contributed by atoms with Crippen LogP contribution in [-0.4, -0.2) is 5.78 Å². The summed E-state index contributed by atoms with van der Waals surface area (Å²) in [4.78, 5) is 11.0. The lowest BCUT2D eigenvalue weighted by Crippen LogP contribution is -2.04. The van der Waals surface area contributed by atoms with Gasteiger partial charge in [0.15, 0.2) is 5.78 Å². The first-order chi connectivity index (χ1) is 6.16. The molecular weight excluding hydrogens is 176 g/mol. The van der Waals surface area contributed by atoms with Crippen LogP contribution in [0.25, 0.3) is 0 Å². The van der Waals surface area contributed by atoms with Crippen LogP contribution in [-0.2, 0) is 0 Å². The number of nitrogens with zero attached hydrogens (tertiary/aromatic N) is 1. The van der Waals surface area contributed by atoms with E-state index in [1.165, 1.54) is 6.07 Å². The van der Waals surface area contributed by atoms with Crippen molar-refractivity contribution in [1.82, 2.24) is 0 Å². The number of rotatable bonds is 2. The summed E-state index contributed by atoms with van der Waals surface area (Å²) in [6.07, 6.45) is -0.516. The predicted molar refractivity (Wildman–Crippen MR) is 40.9 cm³/mol. The zero-order chi connectivity index (χ0) is 9.84. The molecule has 0 bridgehead atoms. The van der Waals surface area contributed by atoms with E-state index < -0.39 is 29.4 Å². The molecule has 2 nitrogen and oxygen atoms in total. The number of carbonyl (C=O) groups is 1. The maximum atomic E-state index is 12.9. The number of ketones is 1. The van der Waals surface area contributed by atoms with Gasteiger partial charge in [-0.05, 0) is 12.1 Å². The summed E-state index contributed by atoms with van der Waals surface area (Å²) in [6.45, 7) is 0. The lowest BCUT2D eigenvalue weighted by Gasteiger charge is -1.99. The van der Waals surface area contributed by atoms with Gasteiger partial charge in [0.05, 0.1) is 18.1 Å². The normalized spacial score (nSPS) is 9.31. The molecule has 0 aliphatic rings. The molecule has 0 amide bonds. The minimum absolute atomic E-state index is 0.516. The molecule has 0 aliphatic carbocycles. The molecule has 66 valence electrons. The van der Waals surface area contributed by atoms with Crippen molar-refractivity contribution in [1.29, 1.82) is 5.26 Å². The first-order valence-electron chi connectivity index (χ1n) is 3.51. The molecule has 0 aliphatic heterocycles. The Kier molecular flexibility index (Phi) is 2.70. The molecule has 0 heterocycles. The number of halogens is 2. The van der Waals surface area contributed by atoms with Gasteiger partial charge in [-0.25, -0.2) is 8.78 Å². The number of benzene rings is 1. The molecule has 0 saturated heterocycles. The molecule has 1 aromatic rings. The van der Waals surface area contributed by atoms with E-state index in [1.807, 2.05) is 0 Å². The SMILES string of the molecule is N#CCC(=O)c1c(F)cccc1F. The molecule has 0 unspecified atom stereocenters. The summed E-state index contributed by atoms with van der Waals surface area (Å²) >= 11 is 0. The van der Waals surface area contributed by atoms with Crippen molar-refractivity contribution in [3.8, 4) is 6.07 Å². The van der Waals surface area contributed by atoms with Gasteiger partial charge in [-0.2, -0.15) is 5.26 Å². The van der Waals surface area contributed by atoms with Crippen LogP contribution in [0.2, 0.25) is 0 Å². The molecule has 0 saturated carbocycles. The largest absolute Gasteiger partial charge is 0.293 e. The van der Waals surface area contributed by atoms with Gasteiger partial charge in [0.1, 0.15) is 11.6 Å². The summed E-state index contributed by atoms with van der Waals surface area (Å²) in [5.41, 5.74) is -0.635. The summed E-state index contributed by atoms with van der Waals surface area (Å²) in [5.74, 6) is -2.70. The fraction of sp³-hybridized carbons (Fsp3) is 0.111. The van der Waals surface area contributed by atoms with Crippen LogP contribution in [0.4, 0.5) is 8.78 Å². The first-order valence-corrected chi connectivity index (χ1v) is 3.51. The van der Waals surface area contributed by atoms with Crippen molar-refractivity contribution in [2.75, 3.05) is 0 Å². The van der Waals surface area contributed by atoms with Crippen molar-refractivity contribution >= 4 is 5.78 Å². The Hall–Kier alpha value is -1.76. The van der Waals surface area contributed by atoms with Gasteiger partial charge >= 0.3 is 0 Å². The van der Waals surface area contributed by atoms with Crippen LogP contribution < -0.4 is 0 Å². The van der Waals surface area contributed by atoms with E-state index in [-0.39, 0.29) is 0 Å². The van der Waals surface area contributed by atoms with Gasteiger partial charge in [-0.15, -0.1) is 0 Å². The van der Waals surface area contributed by atoms with Gasteiger partial charge in [0.25, 0.3) is 0 Å². The maximum Gasteiger partial charge on any atom is 0.182 e. The molecular formula is C9H5F2NO. The van der Waals surface area contributed by atoms with Crippen molar-refractivity contribution in [3.63, 3.8) is 0 Å². The molecule has 0 fully saturated rings. The summed E-state index contributed by atoms with van der Waals surface area (Å²) in [7, 11) is 0. The van der Waals surface area contributed by atoms with Crippen molar-refractivity contribution < 1.29 is 13.6 Å². The smallest absolute Gasteiger partial charge is 0.182 e. The number of nitriles is 1. The van der Waals surface area contributed by atoms with Gasteiger partial charge in [-0.3, -0.25) is 4.79 Å². The Morgan fingerprint density at radius 2 is 1.92 bits per heavy atom. The monoisotopic (exact) mass is 181 g/mol.